The summed E-state index contributed by atoms with van der Waals surface area (Å²) >= 11 is 0. The van der Waals surface area contributed by atoms with E-state index in [1.54, 1.807) is 7.05 Å². The van der Waals surface area contributed by atoms with Gasteiger partial charge in [-0.25, -0.2) is 0 Å². The highest BCUT2D eigenvalue weighted by molar-refractivity contribution is 14.0. The summed E-state index contributed by atoms with van der Waals surface area (Å²) in [5, 5.41) is 6.73. The highest BCUT2D eigenvalue weighted by Crippen LogP contribution is 2.08. The van der Waals surface area contributed by atoms with Crippen LogP contribution in [0.5, 0.6) is 5.75 Å². The number of unbranched alkanes of at least 4 members (excludes halogenated alkanes) is 1. The van der Waals surface area contributed by atoms with E-state index in [0.717, 1.165) is 37.7 Å². The molecule has 0 radical (unpaired) electrons. The minimum absolute atomic E-state index is 0. The fourth-order valence-electron chi connectivity index (χ4n) is 1.72. The topological polar surface area (TPSA) is 45.7 Å². The van der Waals surface area contributed by atoms with E-state index < -0.39 is 0 Å². The van der Waals surface area contributed by atoms with Crippen LogP contribution in [0.4, 0.5) is 0 Å². The molecule has 22 heavy (non-hydrogen) atoms. The summed E-state index contributed by atoms with van der Waals surface area (Å²) in [6, 6.07) is 10.4. The van der Waals surface area contributed by atoms with Crippen molar-refractivity contribution in [1.29, 1.82) is 0 Å². The Morgan fingerprint density at radius 3 is 2.41 bits per heavy atom. The van der Waals surface area contributed by atoms with E-state index >= 15 is 0 Å². The fraction of sp³-hybridized carbons (Fsp3) is 0.588. The number of ether oxygens (including phenoxy) is 1. The van der Waals surface area contributed by atoms with Gasteiger partial charge in [0.2, 0.25) is 0 Å². The summed E-state index contributed by atoms with van der Waals surface area (Å²) in [4.78, 5) is 4.24. The first-order valence-corrected chi connectivity index (χ1v) is 7.78. The lowest BCUT2D eigenvalue weighted by atomic mass is 10.1. The van der Waals surface area contributed by atoms with Crippen molar-refractivity contribution in [2.75, 3.05) is 20.2 Å². The summed E-state index contributed by atoms with van der Waals surface area (Å²) in [6.45, 7) is 8.23. The molecule has 0 spiro atoms. The Morgan fingerprint density at radius 1 is 1.14 bits per heavy atom. The van der Waals surface area contributed by atoms with Crippen LogP contribution in [0.2, 0.25) is 0 Å². The van der Waals surface area contributed by atoms with Crippen molar-refractivity contribution in [2.24, 2.45) is 10.9 Å². The van der Waals surface area contributed by atoms with Gasteiger partial charge < -0.3 is 15.4 Å². The van der Waals surface area contributed by atoms with Crippen LogP contribution in [0, 0.1) is 5.92 Å². The third-order valence-electron chi connectivity index (χ3n) is 3.46. The summed E-state index contributed by atoms with van der Waals surface area (Å²) in [6.07, 6.45) is 2.09. The maximum Gasteiger partial charge on any atom is 0.191 e. The maximum atomic E-state index is 5.66. The molecule has 0 saturated carbocycles. The molecule has 0 fully saturated rings. The van der Waals surface area contributed by atoms with Gasteiger partial charge in [-0.3, -0.25) is 4.99 Å². The van der Waals surface area contributed by atoms with Crippen LogP contribution >= 0.6 is 24.0 Å². The van der Waals surface area contributed by atoms with Gasteiger partial charge in [-0.2, -0.15) is 0 Å². The van der Waals surface area contributed by atoms with Crippen molar-refractivity contribution in [1.82, 2.24) is 10.6 Å². The monoisotopic (exact) mass is 419 g/mol. The number of nitrogens with one attached hydrogen (secondary N) is 2. The van der Waals surface area contributed by atoms with E-state index in [1.165, 1.54) is 0 Å². The lowest BCUT2D eigenvalue weighted by molar-refractivity contribution is 0.307. The molecule has 0 aromatic heterocycles. The Balaban J connectivity index is 0.00000441. The first kappa shape index (κ1) is 21.0. The summed E-state index contributed by atoms with van der Waals surface area (Å²) in [5.74, 6) is 2.40. The largest absolute Gasteiger partial charge is 0.494 e. The molecule has 0 aliphatic heterocycles. The van der Waals surface area contributed by atoms with E-state index in [0.29, 0.717) is 12.0 Å². The van der Waals surface area contributed by atoms with Gasteiger partial charge in [0.25, 0.3) is 0 Å². The SMILES string of the molecule is CN=C(NCCCCOc1ccccc1)NC(C)C(C)C.I. The Bertz CT molecular complexity index is 410. The molecule has 126 valence electrons. The summed E-state index contributed by atoms with van der Waals surface area (Å²) < 4.78 is 5.66. The fourth-order valence-corrected chi connectivity index (χ4v) is 1.72. The zero-order valence-electron chi connectivity index (χ0n) is 14.1. The highest BCUT2D eigenvalue weighted by Gasteiger charge is 2.08. The first-order valence-electron chi connectivity index (χ1n) is 7.78. The quantitative estimate of drug-likeness (QED) is 0.293. The van der Waals surface area contributed by atoms with Crippen molar-refractivity contribution >= 4 is 29.9 Å². The van der Waals surface area contributed by atoms with Crippen LogP contribution in [0.3, 0.4) is 0 Å². The highest BCUT2D eigenvalue weighted by atomic mass is 127. The van der Waals surface area contributed by atoms with Crippen LogP contribution < -0.4 is 15.4 Å². The smallest absolute Gasteiger partial charge is 0.191 e. The van der Waals surface area contributed by atoms with E-state index in [4.69, 9.17) is 4.74 Å². The van der Waals surface area contributed by atoms with E-state index in [2.05, 4.69) is 36.4 Å². The molecule has 1 atom stereocenters. The molecular formula is C17H30IN3O. The van der Waals surface area contributed by atoms with Crippen molar-refractivity contribution in [3.63, 3.8) is 0 Å². The number of hydrogen-bond donors (Lipinski definition) is 2. The predicted octanol–water partition coefficient (Wildman–Crippen LogP) is 3.67. The second kappa shape index (κ2) is 12.6. The van der Waals surface area contributed by atoms with E-state index in [9.17, 15) is 0 Å². The number of nitrogens with zero attached hydrogens (tertiary/aromatic N) is 1. The van der Waals surface area contributed by atoms with Crippen LogP contribution in [-0.2, 0) is 0 Å². The number of guanidine groups is 1. The van der Waals surface area contributed by atoms with Gasteiger partial charge in [-0.05, 0) is 37.8 Å². The number of halogens is 1. The lowest BCUT2D eigenvalue weighted by Crippen LogP contribution is -2.44. The van der Waals surface area contributed by atoms with Gasteiger partial charge in [0, 0.05) is 19.6 Å². The van der Waals surface area contributed by atoms with Gasteiger partial charge >= 0.3 is 0 Å². The van der Waals surface area contributed by atoms with Crippen molar-refractivity contribution < 1.29 is 4.74 Å². The molecule has 1 aromatic rings. The average Bonchev–Trinajstić information content (AvgIpc) is 2.50. The Labute approximate surface area is 152 Å². The molecule has 5 heteroatoms. The maximum absolute atomic E-state index is 5.66. The molecule has 0 aliphatic carbocycles. The first-order chi connectivity index (χ1) is 10.1. The third-order valence-corrected chi connectivity index (χ3v) is 3.46. The van der Waals surface area contributed by atoms with Crippen LogP contribution in [0.1, 0.15) is 33.6 Å². The Morgan fingerprint density at radius 2 is 1.82 bits per heavy atom. The molecule has 0 amide bonds. The number of para-hydroxylation sites is 1. The van der Waals surface area contributed by atoms with Gasteiger partial charge in [-0.1, -0.05) is 32.0 Å². The van der Waals surface area contributed by atoms with Gasteiger partial charge in [0.1, 0.15) is 5.75 Å². The van der Waals surface area contributed by atoms with Crippen LogP contribution in [-0.4, -0.2) is 32.2 Å². The van der Waals surface area contributed by atoms with Gasteiger partial charge in [0.15, 0.2) is 5.96 Å². The van der Waals surface area contributed by atoms with E-state index in [1.807, 2.05) is 30.3 Å². The summed E-state index contributed by atoms with van der Waals surface area (Å²) in [7, 11) is 1.81. The van der Waals surface area contributed by atoms with E-state index in [-0.39, 0.29) is 24.0 Å². The van der Waals surface area contributed by atoms with Gasteiger partial charge in [0.05, 0.1) is 6.61 Å². The molecule has 0 heterocycles. The zero-order chi connectivity index (χ0) is 15.5. The molecule has 1 aromatic carbocycles. The molecule has 0 saturated heterocycles. The van der Waals surface area contributed by atoms with Crippen LogP contribution in [0.15, 0.2) is 35.3 Å². The molecule has 0 aliphatic rings. The molecule has 1 unspecified atom stereocenters. The van der Waals surface area contributed by atoms with Crippen LogP contribution in [0.25, 0.3) is 0 Å². The number of rotatable bonds is 8. The number of benzene rings is 1. The molecule has 2 N–H and O–H groups in total. The number of aliphatic imine (C=N–C) groups is 1. The third kappa shape index (κ3) is 9.12. The second-order valence-electron chi connectivity index (χ2n) is 5.54. The van der Waals surface area contributed by atoms with Gasteiger partial charge in [-0.15, -0.1) is 24.0 Å². The Kier molecular flexibility index (Phi) is 12.0. The minimum atomic E-state index is 0. The molecular weight excluding hydrogens is 389 g/mol. The average molecular weight is 419 g/mol. The number of hydrogen-bond acceptors (Lipinski definition) is 2. The van der Waals surface area contributed by atoms with Crippen molar-refractivity contribution in [2.45, 2.75) is 39.7 Å². The molecule has 4 nitrogen and oxygen atoms in total. The second-order valence-corrected chi connectivity index (χ2v) is 5.54. The van der Waals surface area contributed by atoms with Crippen molar-refractivity contribution in [3.8, 4) is 5.75 Å². The molecule has 1 rings (SSSR count). The normalized spacial score (nSPS) is 12.5. The predicted molar refractivity (Wildman–Crippen MR) is 105 cm³/mol. The molecule has 0 bridgehead atoms. The summed E-state index contributed by atoms with van der Waals surface area (Å²) in [5.41, 5.74) is 0. The van der Waals surface area contributed by atoms with Crippen molar-refractivity contribution in [3.05, 3.63) is 30.3 Å². The lowest BCUT2D eigenvalue weighted by Gasteiger charge is -2.20. The Hall–Kier alpha value is -0.980. The zero-order valence-corrected chi connectivity index (χ0v) is 16.5. The minimum Gasteiger partial charge on any atom is -0.494 e. The standard InChI is InChI=1S/C17H29N3O.HI/c1-14(2)15(3)20-17(18-4)19-12-8-9-13-21-16-10-6-5-7-11-16;/h5-7,10-11,14-15H,8-9,12-13H2,1-4H3,(H2,18,19,20);1H.